The molecule has 0 bridgehead atoms. The number of aromatic nitrogens is 1. The third-order valence-electron chi connectivity index (χ3n) is 2.44. The van der Waals surface area contributed by atoms with Crippen molar-refractivity contribution in [3.8, 4) is 0 Å². The van der Waals surface area contributed by atoms with Crippen LogP contribution in [0.2, 0.25) is 5.02 Å². The van der Waals surface area contributed by atoms with Crippen molar-refractivity contribution in [2.24, 2.45) is 0 Å². The predicted octanol–water partition coefficient (Wildman–Crippen LogP) is 3.85. The second-order valence-corrected chi connectivity index (χ2v) is 4.11. The highest BCUT2D eigenvalue weighted by atomic mass is 35.5. The van der Waals surface area contributed by atoms with Crippen LogP contribution in [0.1, 0.15) is 17.0 Å². The van der Waals surface area contributed by atoms with Crippen LogP contribution in [0.15, 0.2) is 22.7 Å². The minimum Gasteiger partial charge on any atom is -0.349 e. The molecule has 0 saturated heterocycles. The minimum absolute atomic E-state index is 0.0539. The van der Waals surface area contributed by atoms with Gasteiger partial charge in [-0.3, -0.25) is 10.1 Å². The molecule has 0 unspecified atom stereocenters. The fourth-order valence-corrected chi connectivity index (χ4v) is 1.77. The Morgan fingerprint density at radius 3 is 2.84 bits per heavy atom. The van der Waals surface area contributed by atoms with Gasteiger partial charge in [-0.2, -0.15) is 0 Å². The molecule has 0 aliphatic heterocycles. The van der Waals surface area contributed by atoms with E-state index in [0.717, 1.165) is 0 Å². The Morgan fingerprint density at radius 2 is 2.21 bits per heavy atom. The van der Waals surface area contributed by atoms with Crippen molar-refractivity contribution in [3.05, 3.63) is 56.2 Å². The van der Waals surface area contributed by atoms with Gasteiger partial charge in [0, 0.05) is 5.56 Å². The van der Waals surface area contributed by atoms with Gasteiger partial charge in [-0.1, -0.05) is 22.8 Å². The lowest BCUT2D eigenvalue weighted by atomic mass is 10.2. The molecule has 2 aromatic rings. The third kappa shape index (κ3) is 2.63. The molecular weight excluding hydrogens is 275 g/mol. The normalized spacial score (nSPS) is 11.1. The fraction of sp³-hybridized carbons (Fsp3) is 0.0833. The fourth-order valence-electron chi connectivity index (χ4n) is 1.54. The Bertz CT molecular complexity index is 647. The van der Waals surface area contributed by atoms with E-state index < -0.39 is 10.7 Å². The highest BCUT2D eigenvalue weighted by molar-refractivity contribution is 6.32. The summed E-state index contributed by atoms with van der Waals surface area (Å²) in [7, 11) is 0. The highest BCUT2D eigenvalue weighted by Gasteiger charge is 2.22. The average Bonchev–Trinajstić information content (AvgIpc) is 2.70. The topological polar surface area (TPSA) is 69.2 Å². The van der Waals surface area contributed by atoms with E-state index in [9.17, 15) is 14.5 Å². The van der Waals surface area contributed by atoms with E-state index in [2.05, 4.69) is 5.16 Å². The van der Waals surface area contributed by atoms with E-state index >= 15 is 0 Å². The van der Waals surface area contributed by atoms with Gasteiger partial charge in [0.05, 0.1) is 9.95 Å². The van der Waals surface area contributed by atoms with Crippen LogP contribution in [0.3, 0.4) is 0 Å². The molecule has 0 N–H and O–H groups in total. The van der Waals surface area contributed by atoms with Gasteiger partial charge < -0.3 is 4.52 Å². The first-order valence-electron chi connectivity index (χ1n) is 5.23. The van der Waals surface area contributed by atoms with Gasteiger partial charge in [0.1, 0.15) is 5.82 Å². The van der Waals surface area contributed by atoms with E-state index in [1.54, 1.807) is 0 Å². The first kappa shape index (κ1) is 13.2. The Labute approximate surface area is 112 Å². The molecule has 2 rings (SSSR count). The van der Waals surface area contributed by atoms with Crippen LogP contribution in [-0.4, -0.2) is 10.1 Å². The minimum atomic E-state index is -0.603. The average molecular weight is 283 g/mol. The maximum absolute atomic E-state index is 13.5. The smallest absolute Gasteiger partial charge is 0.338 e. The third-order valence-corrected chi connectivity index (χ3v) is 2.77. The summed E-state index contributed by atoms with van der Waals surface area (Å²) < 4.78 is 18.3. The van der Waals surface area contributed by atoms with Crippen molar-refractivity contribution in [1.29, 1.82) is 0 Å². The summed E-state index contributed by atoms with van der Waals surface area (Å²) in [4.78, 5) is 10.2. The zero-order valence-corrected chi connectivity index (χ0v) is 10.5. The highest BCUT2D eigenvalue weighted by Crippen LogP contribution is 2.26. The molecule has 0 radical (unpaired) electrons. The number of hydrogen-bond donors (Lipinski definition) is 0. The second-order valence-electron chi connectivity index (χ2n) is 3.71. The van der Waals surface area contributed by atoms with Crippen molar-refractivity contribution < 1.29 is 13.8 Å². The van der Waals surface area contributed by atoms with Crippen LogP contribution in [-0.2, 0) is 0 Å². The molecule has 0 spiro atoms. The van der Waals surface area contributed by atoms with Gasteiger partial charge in [-0.25, -0.2) is 4.39 Å². The number of rotatable bonds is 3. The zero-order valence-electron chi connectivity index (χ0n) is 9.76. The van der Waals surface area contributed by atoms with Crippen LogP contribution in [0, 0.1) is 22.9 Å². The Kier molecular flexibility index (Phi) is 3.62. The molecule has 19 heavy (non-hydrogen) atoms. The number of nitrogens with zero attached hydrogens (tertiary/aromatic N) is 2. The first-order valence-corrected chi connectivity index (χ1v) is 5.61. The molecule has 1 aromatic heterocycles. The molecule has 0 fully saturated rings. The van der Waals surface area contributed by atoms with E-state index in [1.807, 2.05) is 0 Å². The first-order chi connectivity index (χ1) is 9.00. The van der Waals surface area contributed by atoms with Gasteiger partial charge in [0.25, 0.3) is 0 Å². The van der Waals surface area contributed by atoms with Crippen LogP contribution in [0.25, 0.3) is 12.2 Å². The van der Waals surface area contributed by atoms with Gasteiger partial charge >= 0.3 is 5.69 Å². The van der Waals surface area contributed by atoms with Crippen LogP contribution in [0.5, 0.6) is 0 Å². The van der Waals surface area contributed by atoms with Gasteiger partial charge in [0.15, 0.2) is 5.69 Å². The summed E-state index contributed by atoms with van der Waals surface area (Å²) in [6.07, 6.45) is 2.58. The number of halogens is 2. The zero-order chi connectivity index (χ0) is 14.0. The quantitative estimate of drug-likeness (QED) is 0.633. The van der Waals surface area contributed by atoms with E-state index in [1.165, 1.54) is 37.3 Å². The van der Waals surface area contributed by atoms with Crippen LogP contribution in [0.4, 0.5) is 10.1 Å². The number of benzene rings is 1. The van der Waals surface area contributed by atoms with Gasteiger partial charge in [-0.05, 0) is 31.2 Å². The van der Waals surface area contributed by atoms with Gasteiger partial charge in [-0.15, -0.1) is 0 Å². The lowest BCUT2D eigenvalue weighted by Crippen LogP contribution is -1.90. The van der Waals surface area contributed by atoms with Crippen molar-refractivity contribution >= 4 is 29.4 Å². The number of hydrogen-bond acceptors (Lipinski definition) is 4. The molecular formula is C12H8ClFN2O3. The molecule has 0 atom stereocenters. The lowest BCUT2D eigenvalue weighted by molar-refractivity contribution is -0.386. The summed E-state index contributed by atoms with van der Waals surface area (Å²) >= 11 is 5.83. The van der Waals surface area contributed by atoms with Crippen molar-refractivity contribution in [2.75, 3.05) is 0 Å². The number of nitro groups is 1. The van der Waals surface area contributed by atoms with Crippen molar-refractivity contribution in [2.45, 2.75) is 6.92 Å². The second kappa shape index (κ2) is 5.19. The maximum Gasteiger partial charge on any atom is 0.338 e. The Balaban J connectivity index is 2.41. The van der Waals surface area contributed by atoms with Crippen LogP contribution < -0.4 is 0 Å². The monoisotopic (exact) mass is 282 g/mol. The van der Waals surface area contributed by atoms with Crippen LogP contribution >= 0.6 is 11.6 Å². The molecule has 0 saturated carbocycles. The van der Waals surface area contributed by atoms with Gasteiger partial charge in [0.2, 0.25) is 5.76 Å². The standard InChI is InChI=1S/C12H8ClFN2O3/c1-7-12(16(17)18)11(19-15-7)6-5-8-9(13)3-2-4-10(8)14/h2-6H,1H3. The summed E-state index contributed by atoms with van der Waals surface area (Å²) in [6, 6.07) is 4.23. The maximum atomic E-state index is 13.5. The molecule has 1 heterocycles. The van der Waals surface area contributed by atoms with Crippen molar-refractivity contribution in [1.82, 2.24) is 5.16 Å². The van der Waals surface area contributed by atoms with Crippen molar-refractivity contribution in [3.63, 3.8) is 0 Å². The molecule has 5 nitrogen and oxygen atoms in total. The summed E-state index contributed by atoms with van der Waals surface area (Å²) in [5.74, 6) is -0.579. The SMILES string of the molecule is Cc1noc(C=Cc2c(F)cccc2Cl)c1[N+](=O)[O-]. The Hall–Kier alpha value is -2.21. The summed E-state index contributed by atoms with van der Waals surface area (Å²) in [5.41, 5.74) is 0.0421. The summed E-state index contributed by atoms with van der Waals surface area (Å²) in [6.45, 7) is 1.45. The molecule has 1 aromatic carbocycles. The molecule has 7 heteroatoms. The summed E-state index contributed by atoms with van der Waals surface area (Å²) in [5, 5.41) is 14.5. The Morgan fingerprint density at radius 1 is 1.47 bits per heavy atom. The molecule has 0 aliphatic rings. The number of aryl methyl sites for hydroxylation is 1. The lowest BCUT2D eigenvalue weighted by Gasteiger charge is -1.98. The van der Waals surface area contributed by atoms with E-state index in [4.69, 9.17) is 16.1 Å². The largest absolute Gasteiger partial charge is 0.349 e. The molecule has 0 amide bonds. The molecule has 0 aliphatic carbocycles. The van der Waals surface area contributed by atoms with E-state index in [0.29, 0.717) is 0 Å². The molecule has 98 valence electrons. The van der Waals surface area contributed by atoms with E-state index in [-0.39, 0.29) is 27.7 Å². The predicted molar refractivity (Wildman–Crippen MR) is 68.2 cm³/mol.